The van der Waals surface area contributed by atoms with Crippen molar-refractivity contribution in [2.45, 2.75) is 17.9 Å². The molecule has 9 heteroatoms. The Morgan fingerprint density at radius 3 is 2.59 bits per heavy atom. The van der Waals surface area contributed by atoms with Gasteiger partial charge in [-0.3, -0.25) is 9.71 Å². The number of hydrogen-bond acceptors (Lipinski definition) is 6. The third-order valence-corrected chi connectivity index (χ3v) is 5.66. The van der Waals surface area contributed by atoms with Crippen molar-refractivity contribution in [2.75, 3.05) is 13.2 Å². The SMILES string of the molecule is C[C@H](N=C1NS(=O)(=O)c2ccccc21)C(=O)OCCOc1ccc(Br)cc1. The van der Waals surface area contributed by atoms with Gasteiger partial charge in [0.25, 0.3) is 10.0 Å². The number of rotatable bonds is 6. The summed E-state index contributed by atoms with van der Waals surface area (Å²) in [5.41, 5.74) is 0.440. The van der Waals surface area contributed by atoms with Gasteiger partial charge in [-0.15, -0.1) is 0 Å². The summed E-state index contributed by atoms with van der Waals surface area (Å²) in [6.45, 7) is 1.80. The number of carbonyl (C=O) groups is 1. The number of halogens is 1. The van der Waals surface area contributed by atoms with Crippen LogP contribution in [0, 0.1) is 0 Å². The monoisotopic (exact) mass is 452 g/mol. The first-order valence-corrected chi connectivity index (χ1v) is 10.4. The lowest BCUT2D eigenvalue weighted by molar-refractivity contribution is -0.145. The zero-order valence-corrected chi connectivity index (χ0v) is 16.8. The number of ether oxygens (including phenoxy) is 2. The van der Waals surface area contributed by atoms with Crippen molar-refractivity contribution in [1.82, 2.24) is 4.72 Å². The molecule has 2 aromatic carbocycles. The van der Waals surface area contributed by atoms with E-state index in [0.717, 1.165) is 4.47 Å². The van der Waals surface area contributed by atoms with Gasteiger partial charge in [-0.25, -0.2) is 13.2 Å². The second-order valence-corrected chi connectivity index (χ2v) is 8.29. The summed E-state index contributed by atoms with van der Waals surface area (Å²) < 4.78 is 38.0. The normalized spacial score (nSPS) is 17.0. The standard InChI is InChI=1S/C18H17BrN2O5S/c1-12(18(22)26-11-10-25-14-8-6-13(19)7-9-14)20-17-15-4-2-3-5-16(15)27(23,24)21-17/h2-9,12H,10-11H2,1H3,(H,20,21)/t12-/m0/s1. The Kier molecular flexibility index (Phi) is 5.81. The largest absolute Gasteiger partial charge is 0.490 e. The maximum absolute atomic E-state index is 12.1. The van der Waals surface area contributed by atoms with Crippen LogP contribution < -0.4 is 9.46 Å². The Morgan fingerprint density at radius 2 is 1.85 bits per heavy atom. The molecule has 3 rings (SSSR count). The number of carbonyl (C=O) groups excluding carboxylic acids is 1. The Labute approximate surface area is 165 Å². The van der Waals surface area contributed by atoms with Gasteiger partial charge in [0.1, 0.15) is 30.8 Å². The molecule has 0 aromatic heterocycles. The molecule has 0 aliphatic carbocycles. The van der Waals surface area contributed by atoms with Gasteiger partial charge in [0.15, 0.2) is 0 Å². The van der Waals surface area contributed by atoms with Gasteiger partial charge < -0.3 is 9.47 Å². The highest BCUT2D eigenvalue weighted by molar-refractivity contribution is 9.10. The molecule has 2 aromatic rings. The lowest BCUT2D eigenvalue weighted by Crippen LogP contribution is -2.27. The minimum atomic E-state index is -3.64. The Hall–Kier alpha value is -2.39. The molecule has 1 atom stereocenters. The van der Waals surface area contributed by atoms with E-state index in [4.69, 9.17) is 9.47 Å². The zero-order chi connectivity index (χ0) is 19.4. The highest BCUT2D eigenvalue weighted by atomic mass is 79.9. The number of sulfonamides is 1. The lowest BCUT2D eigenvalue weighted by Gasteiger charge is -2.10. The maximum atomic E-state index is 12.1. The van der Waals surface area contributed by atoms with Crippen LogP contribution in [0.15, 0.2) is 62.9 Å². The van der Waals surface area contributed by atoms with Crippen LogP contribution in [-0.4, -0.2) is 39.5 Å². The number of benzene rings is 2. The van der Waals surface area contributed by atoms with E-state index in [1.54, 1.807) is 37.3 Å². The molecule has 0 amide bonds. The molecule has 0 unspecified atom stereocenters. The third kappa shape index (κ3) is 4.67. The Bertz CT molecular complexity index is 974. The minimum absolute atomic E-state index is 0.0619. The molecule has 7 nitrogen and oxygen atoms in total. The summed E-state index contributed by atoms with van der Waals surface area (Å²) in [6, 6.07) is 12.9. The van der Waals surface area contributed by atoms with E-state index in [2.05, 4.69) is 25.6 Å². The molecule has 1 aliphatic rings. The quantitative estimate of drug-likeness (QED) is 0.536. The van der Waals surface area contributed by atoms with Crippen LogP contribution in [-0.2, 0) is 19.6 Å². The van der Waals surface area contributed by atoms with Crippen molar-refractivity contribution in [3.63, 3.8) is 0 Å². The summed E-state index contributed by atoms with van der Waals surface area (Å²) in [5.74, 6) is 0.242. The first-order valence-electron chi connectivity index (χ1n) is 8.12. The van der Waals surface area contributed by atoms with E-state index in [-0.39, 0.29) is 23.9 Å². The second-order valence-electron chi connectivity index (χ2n) is 5.73. The summed E-state index contributed by atoms with van der Waals surface area (Å²) in [4.78, 5) is 16.4. The van der Waals surface area contributed by atoms with Gasteiger partial charge in [0.2, 0.25) is 0 Å². The van der Waals surface area contributed by atoms with Crippen LogP contribution in [0.2, 0.25) is 0 Å². The minimum Gasteiger partial charge on any atom is -0.490 e. The molecule has 0 spiro atoms. The molecule has 1 aliphatic heterocycles. The molecule has 27 heavy (non-hydrogen) atoms. The van der Waals surface area contributed by atoms with E-state index in [0.29, 0.717) is 11.3 Å². The fourth-order valence-electron chi connectivity index (χ4n) is 2.43. The van der Waals surface area contributed by atoms with Gasteiger partial charge in [-0.2, -0.15) is 0 Å². The van der Waals surface area contributed by atoms with Gasteiger partial charge in [-0.05, 0) is 43.3 Å². The molecule has 0 bridgehead atoms. The zero-order valence-electron chi connectivity index (χ0n) is 14.4. The first kappa shape index (κ1) is 19.4. The van der Waals surface area contributed by atoms with E-state index >= 15 is 0 Å². The number of fused-ring (bicyclic) bond motifs is 1. The second kappa shape index (κ2) is 8.10. The number of nitrogens with zero attached hydrogens (tertiary/aromatic N) is 1. The fourth-order valence-corrected chi connectivity index (χ4v) is 3.93. The van der Waals surface area contributed by atoms with Crippen molar-refractivity contribution in [3.05, 3.63) is 58.6 Å². The average Bonchev–Trinajstić information content (AvgIpc) is 2.90. The van der Waals surface area contributed by atoms with E-state index in [1.807, 2.05) is 12.1 Å². The van der Waals surface area contributed by atoms with E-state index in [1.165, 1.54) is 6.07 Å². The number of aliphatic imine (C=N–C) groups is 1. The smallest absolute Gasteiger partial charge is 0.330 e. The van der Waals surface area contributed by atoms with Crippen LogP contribution in [0.1, 0.15) is 12.5 Å². The van der Waals surface area contributed by atoms with Gasteiger partial charge in [-0.1, -0.05) is 28.1 Å². The molecule has 0 saturated carbocycles. The predicted octanol–water partition coefficient (Wildman–Crippen LogP) is 2.50. The van der Waals surface area contributed by atoms with Gasteiger partial charge in [0, 0.05) is 10.0 Å². The summed E-state index contributed by atoms with van der Waals surface area (Å²) in [6.07, 6.45) is 0. The number of amidine groups is 1. The number of esters is 1. The first-order chi connectivity index (χ1) is 12.9. The van der Waals surface area contributed by atoms with E-state index < -0.39 is 22.0 Å². The van der Waals surface area contributed by atoms with Crippen molar-refractivity contribution < 1.29 is 22.7 Å². The van der Waals surface area contributed by atoms with E-state index in [9.17, 15) is 13.2 Å². The van der Waals surface area contributed by atoms with Crippen LogP contribution in [0.5, 0.6) is 5.75 Å². The molecule has 0 saturated heterocycles. The molecule has 1 heterocycles. The molecule has 142 valence electrons. The molecule has 1 N–H and O–H groups in total. The maximum Gasteiger partial charge on any atom is 0.330 e. The molecule has 0 radical (unpaired) electrons. The Morgan fingerprint density at radius 1 is 1.15 bits per heavy atom. The highest BCUT2D eigenvalue weighted by Crippen LogP contribution is 2.22. The Balaban J connectivity index is 1.55. The van der Waals surface area contributed by atoms with Crippen molar-refractivity contribution in [1.29, 1.82) is 0 Å². The fraction of sp³-hybridized carbons (Fsp3) is 0.222. The third-order valence-electron chi connectivity index (χ3n) is 3.74. The molecular formula is C18H17BrN2O5S. The summed E-state index contributed by atoms with van der Waals surface area (Å²) in [7, 11) is -3.64. The van der Waals surface area contributed by atoms with Crippen molar-refractivity contribution in [2.24, 2.45) is 4.99 Å². The van der Waals surface area contributed by atoms with Crippen LogP contribution in [0.25, 0.3) is 0 Å². The average molecular weight is 453 g/mol. The lowest BCUT2D eigenvalue weighted by atomic mass is 10.2. The summed E-state index contributed by atoms with van der Waals surface area (Å²) in [5, 5.41) is 0. The number of nitrogens with one attached hydrogen (secondary N) is 1. The molecular weight excluding hydrogens is 436 g/mol. The van der Waals surface area contributed by atoms with Crippen LogP contribution in [0.4, 0.5) is 0 Å². The summed E-state index contributed by atoms with van der Waals surface area (Å²) >= 11 is 3.34. The van der Waals surface area contributed by atoms with Gasteiger partial charge >= 0.3 is 5.97 Å². The highest BCUT2D eigenvalue weighted by Gasteiger charge is 2.31. The van der Waals surface area contributed by atoms with Crippen molar-refractivity contribution >= 4 is 37.8 Å². The molecule has 0 fully saturated rings. The number of hydrogen-bond donors (Lipinski definition) is 1. The van der Waals surface area contributed by atoms with Crippen LogP contribution in [0.3, 0.4) is 0 Å². The predicted molar refractivity (Wildman–Crippen MR) is 103 cm³/mol. The van der Waals surface area contributed by atoms with Crippen molar-refractivity contribution in [3.8, 4) is 5.75 Å². The van der Waals surface area contributed by atoms with Crippen LogP contribution >= 0.6 is 15.9 Å². The topological polar surface area (TPSA) is 94.1 Å². The van der Waals surface area contributed by atoms with Gasteiger partial charge in [0.05, 0.1) is 4.90 Å².